The van der Waals surface area contributed by atoms with Gasteiger partial charge in [0.05, 0.1) is 12.1 Å². The predicted molar refractivity (Wildman–Crippen MR) is 85.3 cm³/mol. The summed E-state index contributed by atoms with van der Waals surface area (Å²) in [5.41, 5.74) is 7.00. The number of benzene rings is 1. The van der Waals surface area contributed by atoms with E-state index in [4.69, 9.17) is 10.5 Å². The lowest BCUT2D eigenvalue weighted by atomic mass is 10.2. The topological polar surface area (TPSA) is 64.4 Å². The lowest BCUT2D eigenvalue weighted by molar-refractivity contribution is -0.123. The Balaban J connectivity index is 2.30. The third-order valence-corrected chi connectivity index (χ3v) is 3.52. The molecule has 0 radical (unpaired) electrons. The minimum absolute atomic E-state index is 0.0656. The molecule has 0 saturated heterocycles. The molecule has 0 spiro atoms. The minimum Gasteiger partial charge on any atom is -0.491 e. The highest BCUT2D eigenvalue weighted by atomic mass is 32.2. The van der Waals surface area contributed by atoms with Gasteiger partial charge in [-0.15, -0.1) is 0 Å². The summed E-state index contributed by atoms with van der Waals surface area (Å²) in [7, 11) is 0. The number of nitrogens with two attached hydrogens (primary N) is 1. The summed E-state index contributed by atoms with van der Waals surface area (Å²) >= 11 is 1.69. The molecule has 1 unspecified atom stereocenters. The summed E-state index contributed by atoms with van der Waals surface area (Å²) in [5, 5.41) is 2.87. The number of nitrogens with one attached hydrogen (secondary N) is 1. The van der Waals surface area contributed by atoms with Gasteiger partial charge in [0.25, 0.3) is 0 Å². The van der Waals surface area contributed by atoms with Gasteiger partial charge in [0, 0.05) is 0 Å². The van der Waals surface area contributed by atoms with Crippen molar-refractivity contribution in [3.63, 3.8) is 0 Å². The highest BCUT2D eigenvalue weighted by Gasteiger charge is 2.15. The third kappa shape index (κ3) is 6.30. The van der Waals surface area contributed by atoms with Crippen molar-refractivity contribution in [3.8, 4) is 5.75 Å². The van der Waals surface area contributed by atoms with Crippen molar-refractivity contribution in [2.75, 3.05) is 18.6 Å². The van der Waals surface area contributed by atoms with Gasteiger partial charge in [-0.3, -0.25) is 4.79 Å². The van der Waals surface area contributed by atoms with E-state index in [-0.39, 0.29) is 11.9 Å². The molecule has 5 heteroatoms. The molecule has 0 aliphatic heterocycles. The van der Waals surface area contributed by atoms with Crippen LogP contribution in [0.25, 0.3) is 0 Å². The molecule has 1 aromatic carbocycles. The van der Waals surface area contributed by atoms with Crippen molar-refractivity contribution in [2.45, 2.75) is 32.4 Å². The number of hydrogen-bond donors (Lipinski definition) is 2. The zero-order chi connectivity index (χ0) is 15.0. The normalized spacial score (nSPS) is 13.6. The summed E-state index contributed by atoms with van der Waals surface area (Å²) in [6, 6.07) is 7.34. The molecule has 4 nitrogen and oxygen atoms in total. The zero-order valence-corrected chi connectivity index (χ0v) is 13.2. The van der Waals surface area contributed by atoms with E-state index in [1.807, 2.05) is 44.4 Å². The largest absolute Gasteiger partial charge is 0.491 e. The van der Waals surface area contributed by atoms with Crippen LogP contribution < -0.4 is 15.8 Å². The van der Waals surface area contributed by atoms with E-state index in [9.17, 15) is 4.79 Å². The first-order valence-corrected chi connectivity index (χ1v) is 8.16. The minimum atomic E-state index is -0.440. The van der Waals surface area contributed by atoms with E-state index < -0.39 is 6.04 Å². The first kappa shape index (κ1) is 16.9. The van der Waals surface area contributed by atoms with Crippen LogP contribution in [0.3, 0.4) is 0 Å². The lowest BCUT2D eigenvalue weighted by Crippen LogP contribution is -2.46. The summed E-state index contributed by atoms with van der Waals surface area (Å²) in [5.74, 6) is 1.59. The number of hydrogen-bond acceptors (Lipinski definition) is 4. The number of amides is 1. The van der Waals surface area contributed by atoms with Gasteiger partial charge in [-0.25, -0.2) is 0 Å². The van der Waals surface area contributed by atoms with Gasteiger partial charge in [0.2, 0.25) is 5.91 Å². The number of ether oxygens (including phenoxy) is 1. The smallest absolute Gasteiger partial charge is 0.237 e. The second-order valence-corrected chi connectivity index (χ2v) is 5.91. The van der Waals surface area contributed by atoms with Gasteiger partial charge in [0.15, 0.2) is 0 Å². The summed E-state index contributed by atoms with van der Waals surface area (Å²) < 4.78 is 5.62. The van der Waals surface area contributed by atoms with Crippen molar-refractivity contribution in [1.29, 1.82) is 0 Å². The van der Waals surface area contributed by atoms with Gasteiger partial charge in [-0.1, -0.05) is 17.7 Å². The molecule has 0 fully saturated rings. The Bertz CT molecular complexity index is 409. The van der Waals surface area contributed by atoms with Crippen molar-refractivity contribution in [3.05, 3.63) is 29.8 Å². The Morgan fingerprint density at radius 3 is 2.65 bits per heavy atom. The fourth-order valence-corrected chi connectivity index (χ4v) is 2.11. The highest BCUT2D eigenvalue weighted by Crippen LogP contribution is 2.11. The average molecular weight is 296 g/mol. The molecule has 0 heterocycles. The summed E-state index contributed by atoms with van der Waals surface area (Å²) in [6.07, 6.45) is 2.70. The predicted octanol–water partition coefficient (Wildman–Crippen LogP) is 1.96. The molecule has 0 bridgehead atoms. The van der Waals surface area contributed by atoms with Crippen LogP contribution in [0.4, 0.5) is 0 Å². The SMILES string of the molecule is CSCC[C@H](N)C(=O)NC(C)COc1ccc(C)cc1. The fourth-order valence-electron chi connectivity index (χ4n) is 1.62. The second-order valence-electron chi connectivity index (χ2n) is 4.92. The fraction of sp³-hybridized carbons (Fsp3) is 0.533. The van der Waals surface area contributed by atoms with Gasteiger partial charge >= 0.3 is 0 Å². The quantitative estimate of drug-likeness (QED) is 0.770. The molecule has 0 aliphatic rings. The van der Waals surface area contributed by atoms with Gasteiger partial charge < -0.3 is 15.8 Å². The molecule has 1 rings (SSSR count). The first-order valence-electron chi connectivity index (χ1n) is 6.77. The van der Waals surface area contributed by atoms with Gasteiger partial charge in [-0.05, 0) is 44.4 Å². The number of rotatable bonds is 8. The molecular formula is C15H24N2O2S. The van der Waals surface area contributed by atoms with E-state index in [0.717, 1.165) is 11.5 Å². The molecule has 2 atom stereocenters. The van der Waals surface area contributed by atoms with Crippen LogP contribution in [0.15, 0.2) is 24.3 Å². The van der Waals surface area contributed by atoms with Crippen LogP contribution in [-0.4, -0.2) is 36.6 Å². The molecular weight excluding hydrogens is 272 g/mol. The Morgan fingerprint density at radius 1 is 1.40 bits per heavy atom. The van der Waals surface area contributed by atoms with Crippen molar-refractivity contribution in [2.24, 2.45) is 5.73 Å². The molecule has 112 valence electrons. The number of carbonyl (C=O) groups excluding carboxylic acids is 1. The van der Waals surface area contributed by atoms with E-state index >= 15 is 0 Å². The Hall–Kier alpha value is -1.20. The monoisotopic (exact) mass is 296 g/mol. The van der Waals surface area contributed by atoms with Crippen molar-refractivity contribution >= 4 is 17.7 Å². The summed E-state index contributed by atoms with van der Waals surface area (Å²) in [4.78, 5) is 11.8. The highest BCUT2D eigenvalue weighted by molar-refractivity contribution is 7.98. The van der Waals surface area contributed by atoms with Crippen LogP contribution >= 0.6 is 11.8 Å². The molecule has 1 amide bonds. The molecule has 0 aromatic heterocycles. The third-order valence-electron chi connectivity index (χ3n) is 2.88. The maximum Gasteiger partial charge on any atom is 0.237 e. The molecule has 20 heavy (non-hydrogen) atoms. The van der Waals surface area contributed by atoms with Crippen molar-refractivity contribution < 1.29 is 9.53 Å². The Labute approximate surface area is 125 Å². The van der Waals surface area contributed by atoms with E-state index in [1.54, 1.807) is 11.8 Å². The number of thioether (sulfide) groups is 1. The molecule has 1 aromatic rings. The van der Waals surface area contributed by atoms with Crippen molar-refractivity contribution in [1.82, 2.24) is 5.32 Å². The van der Waals surface area contributed by atoms with Crippen LogP contribution in [0.2, 0.25) is 0 Å². The van der Waals surface area contributed by atoms with Crippen LogP contribution in [0.1, 0.15) is 18.9 Å². The molecule has 3 N–H and O–H groups in total. The Morgan fingerprint density at radius 2 is 2.05 bits per heavy atom. The van der Waals surface area contributed by atoms with Crippen LogP contribution in [-0.2, 0) is 4.79 Å². The average Bonchev–Trinajstić information content (AvgIpc) is 2.44. The first-order chi connectivity index (χ1) is 9.52. The van der Waals surface area contributed by atoms with E-state index in [0.29, 0.717) is 13.0 Å². The van der Waals surface area contributed by atoms with Crippen LogP contribution in [0, 0.1) is 6.92 Å². The van der Waals surface area contributed by atoms with Gasteiger partial charge in [-0.2, -0.15) is 11.8 Å². The summed E-state index contributed by atoms with van der Waals surface area (Å²) in [6.45, 7) is 4.38. The molecule has 0 aliphatic carbocycles. The van der Waals surface area contributed by atoms with E-state index in [2.05, 4.69) is 5.32 Å². The zero-order valence-electron chi connectivity index (χ0n) is 12.4. The lowest BCUT2D eigenvalue weighted by Gasteiger charge is -2.18. The van der Waals surface area contributed by atoms with E-state index in [1.165, 1.54) is 5.56 Å². The van der Waals surface area contributed by atoms with Crippen LogP contribution in [0.5, 0.6) is 5.75 Å². The maximum atomic E-state index is 11.8. The Kier molecular flexibility index (Phi) is 7.47. The second kappa shape index (κ2) is 8.87. The number of carbonyl (C=O) groups is 1. The maximum absolute atomic E-state index is 11.8. The molecule has 0 saturated carbocycles. The van der Waals surface area contributed by atoms with Gasteiger partial charge in [0.1, 0.15) is 12.4 Å². The number of aryl methyl sites for hydroxylation is 1. The standard InChI is InChI=1S/C15H24N2O2S/c1-11-4-6-13(7-5-11)19-10-12(2)17-15(18)14(16)8-9-20-3/h4-7,12,14H,8-10,16H2,1-3H3,(H,17,18)/t12?,14-/m0/s1.